The Kier molecular flexibility index (Phi) is 6.11. The minimum absolute atomic E-state index is 0.0183. The molecule has 3 aromatic rings. The minimum Gasteiger partial charge on any atom is -0.337 e. The number of carbonyl (C=O) groups excluding carboxylic acids is 2. The second-order valence-corrected chi connectivity index (χ2v) is 8.24. The van der Waals surface area contributed by atoms with Crippen LogP contribution in [0.4, 0.5) is 5.69 Å². The molecule has 7 heteroatoms. The van der Waals surface area contributed by atoms with Gasteiger partial charge in [0, 0.05) is 42.7 Å². The number of piperidine rings is 1. The van der Waals surface area contributed by atoms with Crippen molar-refractivity contribution in [3.8, 4) is 11.3 Å². The molecule has 7 nitrogen and oxygen atoms in total. The number of anilines is 1. The van der Waals surface area contributed by atoms with Gasteiger partial charge < -0.3 is 10.2 Å². The Bertz CT molecular complexity index is 1040. The van der Waals surface area contributed by atoms with Crippen LogP contribution in [-0.4, -0.2) is 45.0 Å². The molecule has 1 aliphatic rings. The second kappa shape index (κ2) is 9.12. The van der Waals surface area contributed by atoms with Gasteiger partial charge in [0.15, 0.2) is 0 Å². The lowest BCUT2D eigenvalue weighted by atomic mass is 9.95. The Hall–Kier alpha value is -3.48. The summed E-state index contributed by atoms with van der Waals surface area (Å²) in [4.78, 5) is 31.4. The maximum atomic E-state index is 12.8. The molecule has 3 heterocycles. The number of aromatic nitrogens is 3. The van der Waals surface area contributed by atoms with Crippen molar-refractivity contribution in [3.63, 3.8) is 0 Å². The number of pyridine rings is 1. The molecule has 1 aromatic carbocycles. The van der Waals surface area contributed by atoms with E-state index in [0.29, 0.717) is 43.2 Å². The molecule has 0 bridgehead atoms. The number of nitrogens with zero attached hydrogens (tertiary/aromatic N) is 3. The number of rotatable bonds is 5. The van der Waals surface area contributed by atoms with Crippen LogP contribution in [0.1, 0.15) is 48.7 Å². The van der Waals surface area contributed by atoms with Gasteiger partial charge in [-0.25, -0.2) is 0 Å². The van der Waals surface area contributed by atoms with Crippen molar-refractivity contribution in [2.75, 3.05) is 18.4 Å². The zero-order chi connectivity index (χ0) is 21.8. The highest BCUT2D eigenvalue weighted by Gasteiger charge is 2.28. The first-order chi connectivity index (χ1) is 15.0. The van der Waals surface area contributed by atoms with E-state index in [9.17, 15) is 9.59 Å². The number of nitrogens with one attached hydrogen (secondary N) is 2. The smallest absolute Gasteiger partial charge is 0.271 e. The number of aromatic amines is 1. The number of H-pyrrole nitrogens is 1. The molecule has 31 heavy (non-hydrogen) atoms. The van der Waals surface area contributed by atoms with Crippen LogP contribution in [0.3, 0.4) is 0 Å². The fourth-order valence-corrected chi connectivity index (χ4v) is 3.80. The summed E-state index contributed by atoms with van der Waals surface area (Å²) < 4.78 is 0. The van der Waals surface area contributed by atoms with Crippen molar-refractivity contribution in [3.05, 3.63) is 66.1 Å². The van der Waals surface area contributed by atoms with E-state index in [-0.39, 0.29) is 17.7 Å². The molecule has 0 atom stereocenters. The summed E-state index contributed by atoms with van der Waals surface area (Å²) in [5.74, 6) is 0.291. The van der Waals surface area contributed by atoms with Crippen LogP contribution < -0.4 is 5.32 Å². The van der Waals surface area contributed by atoms with Crippen molar-refractivity contribution in [2.24, 2.45) is 5.92 Å². The Morgan fingerprint density at radius 1 is 1.13 bits per heavy atom. The fraction of sp³-hybridized carbons (Fsp3) is 0.333. The number of amides is 2. The van der Waals surface area contributed by atoms with Crippen molar-refractivity contribution >= 4 is 17.5 Å². The predicted octanol–water partition coefficient (Wildman–Crippen LogP) is 4.09. The SMILES string of the molecule is CC(C)c1ccc(NC(=O)C2CCN(C(=O)c3cc(-c4cccnc4)n[nH]3)CC2)cc1. The van der Waals surface area contributed by atoms with Crippen LogP contribution in [0.15, 0.2) is 54.9 Å². The van der Waals surface area contributed by atoms with E-state index in [1.807, 2.05) is 36.4 Å². The van der Waals surface area contributed by atoms with Gasteiger partial charge in [-0.05, 0) is 54.7 Å². The predicted molar refractivity (Wildman–Crippen MR) is 120 cm³/mol. The fourth-order valence-electron chi connectivity index (χ4n) is 3.80. The molecular weight excluding hydrogens is 390 g/mol. The lowest BCUT2D eigenvalue weighted by Gasteiger charge is -2.31. The number of hydrogen-bond donors (Lipinski definition) is 2. The maximum Gasteiger partial charge on any atom is 0.271 e. The molecule has 0 aliphatic carbocycles. The molecular formula is C24H27N5O2. The van der Waals surface area contributed by atoms with Crippen LogP contribution >= 0.6 is 0 Å². The number of carbonyl (C=O) groups is 2. The summed E-state index contributed by atoms with van der Waals surface area (Å²) in [7, 11) is 0. The first-order valence-electron chi connectivity index (χ1n) is 10.7. The highest BCUT2D eigenvalue weighted by atomic mass is 16.2. The lowest BCUT2D eigenvalue weighted by Crippen LogP contribution is -2.41. The van der Waals surface area contributed by atoms with Gasteiger partial charge in [-0.3, -0.25) is 19.7 Å². The molecule has 0 radical (unpaired) electrons. The van der Waals surface area contributed by atoms with E-state index < -0.39 is 0 Å². The van der Waals surface area contributed by atoms with E-state index in [2.05, 4.69) is 34.3 Å². The first kappa shape index (κ1) is 20.8. The van der Waals surface area contributed by atoms with Gasteiger partial charge in [0.05, 0.1) is 5.69 Å². The quantitative estimate of drug-likeness (QED) is 0.654. The summed E-state index contributed by atoms with van der Waals surface area (Å²) >= 11 is 0. The molecule has 1 aliphatic heterocycles. The highest BCUT2D eigenvalue weighted by molar-refractivity contribution is 5.95. The van der Waals surface area contributed by atoms with Crippen molar-refractivity contribution < 1.29 is 9.59 Å². The van der Waals surface area contributed by atoms with Gasteiger partial charge in [-0.2, -0.15) is 5.10 Å². The zero-order valence-electron chi connectivity index (χ0n) is 17.8. The summed E-state index contributed by atoms with van der Waals surface area (Å²) in [6, 6.07) is 13.5. The molecule has 4 rings (SSSR count). The third kappa shape index (κ3) is 4.82. The highest BCUT2D eigenvalue weighted by Crippen LogP contribution is 2.23. The van der Waals surface area contributed by atoms with Crippen LogP contribution in [0, 0.1) is 5.92 Å². The monoisotopic (exact) mass is 417 g/mol. The number of hydrogen-bond acceptors (Lipinski definition) is 4. The maximum absolute atomic E-state index is 12.8. The van der Waals surface area contributed by atoms with E-state index in [0.717, 1.165) is 11.3 Å². The van der Waals surface area contributed by atoms with Crippen LogP contribution in [0.25, 0.3) is 11.3 Å². The minimum atomic E-state index is -0.0958. The Balaban J connectivity index is 1.31. The van der Waals surface area contributed by atoms with Gasteiger partial charge in [-0.1, -0.05) is 26.0 Å². The van der Waals surface area contributed by atoms with E-state index in [4.69, 9.17) is 0 Å². The van der Waals surface area contributed by atoms with Crippen molar-refractivity contribution in [1.82, 2.24) is 20.1 Å². The van der Waals surface area contributed by atoms with Gasteiger partial charge in [0.1, 0.15) is 5.69 Å². The second-order valence-electron chi connectivity index (χ2n) is 8.24. The lowest BCUT2D eigenvalue weighted by molar-refractivity contribution is -0.121. The van der Waals surface area contributed by atoms with Crippen LogP contribution in [0.2, 0.25) is 0 Å². The third-order valence-electron chi connectivity index (χ3n) is 5.76. The van der Waals surface area contributed by atoms with Gasteiger partial charge >= 0.3 is 0 Å². The van der Waals surface area contributed by atoms with Gasteiger partial charge in [0.25, 0.3) is 5.91 Å². The average Bonchev–Trinajstić information content (AvgIpc) is 3.30. The van der Waals surface area contributed by atoms with E-state index >= 15 is 0 Å². The summed E-state index contributed by atoms with van der Waals surface area (Å²) in [5.41, 5.74) is 4.06. The molecule has 1 saturated heterocycles. The standard InChI is InChI=1S/C24H27N5O2/c1-16(2)17-5-7-20(8-6-17)26-23(30)18-9-12-29(13-10-18)24(31)22-14-21(27-28-22)19-4-3-11-25-15-19/h3-8,11,14-16,18H,9-10,12-13H2,1-2H3,(H,26,30)(H,27,28). The molecule has 160 valence electrons. The van der Waals surface area contributed by atoms with Crippen molar-refractivity contribution in [1.29, 1.82) is 0 Å². The largest absolute Gasteiger partial charge is 0.337 e. The summed E-state index contributed by atoms with van der Waals surface area (Å²) in [5, 5.41) is 10.1. The molecule has 1 fully saturated rings. The van der Waals surface area contributed by atoms with Crippen molar-refractivity contribution in [2.45, 2.75) is 32.6 Å². The molecule has 0 spiro atoms. The van der Waals surface area contributed by atoms with Gasteiger partial charge in [0.2, 0.25) is 5.91 Å². The Morgan fingerprint density at radius 2 is 1.87 bits per heavy atom. The van der Waals surface area contributed by atoms with Gasteiger partial charge in [-0.15, -0.1) is 0 Å². The van der Waals surface area contributed by atoms with Crippen LogP contribution in [0.5, 0.6) is 0 Å². The van der Waals surface area contributed by atoms with E-state index in [1.165, 1.54) is 5.56 Å². The third-order valence-corrected chi connectivity index (χ3v) is 5.76. The number of likely N-dealkylation sites (tertiary alicyclic amines) is 1. The average molecular weight is 418 g/mol. The molecule has 0 unspecified atom stereocenters. The topological polar surface area (TPSA) is 91.0 Å². The first-order valence-corrected chi connectivity index (χ1v) is 10.7. The van der Waals surface area contributed by atoms with E-state index in [1.54, 1.807) is 23.4 Å². The Labute approximate surface area is 181 Å². The molecule has 2 aromatic heterocycles. The summed E-state index contributed by atoms with van der Waals surface area (Å²) in [6.07, 6.45) is 4.70. The Morgan fingerprint density at radius 3 is 2.52 bits per heavy atom. The zero-order valence-corrected chi connectivity index (χ0v) is 17.8. The summed E-state index contributed by atoms with van der Waals surface area (Å²) in [6.45, 7) is 5.38. The molecule has 2 amide bonds. The number of benzene rings is 1. The van der Waals surface area contributed by atoms with Crippen LogP contribution in [-0.2, 0) is 4.79 Å². The molecule has 2 N–H and O–H groups in total. The molecule has 0 saturated carbocycles. The normalized spacial score (nSPS) is 14.6.